The van der Waals surface area contributed by atoms with Crippen molar-refractivity contribution in [3.8, 4) is 0 Å². The highest BCUT2D eigenvalue weighted by Gasteiger charge is 2.31. The van der Waals surface area contributed by atoms with Crippen LogP contribution in [0.25, 0.3) is 0 Å². The summed E-state index contributed by atoms with van der Waals surface area (Å²) in [4.78, 5) is 3.66. The van der Waals surface area contributed by atoms with Gasteiger partial charge in [0.1, 0.15) is 10.2 Å². The van der Waals surface area contributed by atoms with Gasteiger partial charge in [-0.1, -0.05) is 47.5 Å². The molecule has 1 atom stereocenters. The molecule has 3 rings (SSSR count). The number of rotatable bonds is 12. The smallest absolute Gasteiger partial charge is 0.263 e. The van der Waals surface area contributed by atoms with E-state index in [0.29, 0.717) is 17.3 Å². The molecule has 1 aliphatic rings. The van der Waals surface area contributed by atoms with Gasteiger partial charge in [-0.25, -0.2) is 17.8 Å². The molecule has 0 saturated heterocycles. The Labute approximate surface area is 213 Å². The molecule has 4 N–H and O–H groups in total. The van der Waals surface area contributed by atoms with E-state index in [9.17, 15) is 12.8 Å². The van der Waals surface area contributed by atoms with Crippen LogP contribution in [0, 0.1) is 5.82 Å². The molecule has 1 aromatic heterocycles. The number of anilines is 2. The van der Waals surface area contributed by atoms with Crippen LogP contribution in [0.3, 0.4) is 0 Å². The van der Waals surface area contributed by atoms with Crippen LogP contribution >= 0.6 is 34.5 Å². The van der Waals surface area contributed by atoms with Gasteiger partial charge in [0.15, 0.2) is 5.13 Å². The largest absolute Gasteiger partial charge is 0.379 e. The van der Waals surface area contributed by atoms with Gasteiger partial charge < -0.3 is 16.0 Å². The summed E-state index contributed by atoms with van der Waals surface area (Å²) in [5.41, 5.74) is 0.857. The minimum Gasteiger partial charge on any atom is -0.379 e. The van der Waals surface area contributed by atoms with Crippen LogP contribution in [-0.4, -0.2) is 45.1 Å². The van der Waals surface area contributed by atoms with Gasteiger partial charge in [-0.15, -0.1) is 0 Å². The second-order valence-corrected chi connectivity index (χ2v) is 11.8. The van der Waals surface area contributed by atoms with Gasteiger partial charge in [0.2, 0.25) is 0 Å². The predicted molar refractivity (Wildman–Crippen MR) is 139 cm³/mol. The molecule has 186 valence electrons. The third-order valence-corrected chi connectivity index (χ3v) is 8.17. The van der Waals surface area contributed by atoms with Crippen molar-refractivity contribution in [3.63, 3.8) is 0 Å². The molecule has 1 heterocycles. The summed E-state index contributed by atoms with van der Waals surface area (Å²) in [6, 6.07) is 3.73. The Morgan fingerprint density at radius 1 is 1.24 bits per heavy atom. The van der Waals surface area contributed by atoms with Crippen LogP contribution < -0.4 is 20.7 Å². The lowest BCUT2D eigenvalue weighted by Gasteiger charge is -2.36. The van der Waals surface area contributed by atoms with Gasteiger partial charge in [-0.2, -0.15) is 0 Å². The number of hydrogen-bond acceptors (Lipinski definition) is 7. The van der Waals surface area contributed by atoms with Gasteiger partial charge in [0.05, 0.1) is 16.8 Å². The van der Waals surface area contributed by atoms with E-state index in [-0.39, 0.29) is 21.3 Å². The van der Waals surface area contributed by atoms with E-state index in [2.05, 4.69) is 39.5 Å². The van der Waals surface area contributed by atoms with E-state index >= 15 is 0 Å². The molecule has 0 bridgehead atoms. The number of hydrogen-bond donors (Lipinski definition) is 4. The zero-order valence-electron chi connectivity index (χ0n) is 18.9. The maximum absolute atomic E-state index is 14.8. The van der Waals surface area contributed by atoms with Crippen molar-refractivity contribution < 1.29 is 12.8 Å². The highest BCUT2D eigenvalue weighted by Crippen LogP contribution is 2.32. The third kappa shape index (κ3) is 7.16. The maximum atomic E-state index is 14.8. The second-order valence-electron chi connectivity index (χ2n) is 8.02. The Balaban J connectivity index is 1.66. The fraction of sp³-hybridized carbons (Fsp3) is 0.409. The average molecular weight is 549 g/mol. The number of nitrogens with one attached hydrogen (secondary N) is 4. The first-order valence-corrected chi connectivity index (χ1v) is 13.9. The highest BCUT2D eigenvalue weighted by molar-refractivity contribution is 7.93. The Morgan fingerprint density at radius 2 is 2.03 bits per heavy atom. The molecule has 1 aliphatic carbocycles. The first-order chi connectivity index (χ1) is 16.1. The molecule has 34 heavy (non-hydrogen) atoms. The minimum absolute atomic E-state index is 0.112. The molecule has 1 unspecified atom stereocenters. The maximum Gasteiger partial charge on any atom is 0.263 e. The van der Waals surface area contributed by atoms with E-state index in [0.717, 1.165) is 54.1 Å². The molecular formula is C22H28Cl2FN5O2S2. The Hall–Kier alpha value is -1.69. The van der Waals surface area contributed by atoms with E-state index < -0.39 is 15.8 Å². The molecule has 0 amide bonds. The van der Waals surface area contributed by atoms with Gasteiger partial charge in [0.25, 0.3) is 10.0 Å². The SMILES string of the molecule is CCNCCCNC1(C)CC(Cl)=CC=C1CNc1ccc(S(=O)(=O)Nc2ncc(Cl)s2)cc1F. The van der Waals surface area contributed by atoms with Crippen LogP contribution in [0.1, 0.15) is 26.7 Å². The van der Waals surface area contributed by atoms with Crippen molar-refractivity contribution in [1.82, 2.24) is 15.6 Å². The lowest BCUT2D eigenvalue weighted by molar-refractivity contribution is 0.402. The van der Waals surface area contributed by atoms with E-state index in [1.54, 1.807) is 0 Å². The molecular weight excluding hydrogens is 520 g/mol. The fourth-order valence-corrected chi connectivity index (χ4v) is 5.94. The van der Waals surface area contributed by atoms with Crippen molar-refractivity contribution in [3.05, 3.63) is 57.3 Å². The number of nitrogens with zero attached hydrogens (tertiary/aromatic N) is 1. The number of sulfonamides is 1. The summed E-state index contributed by atoms with van der Waals surface area (Å²) >= 11 is 13.1. The number of halogens is 3. The molecule has 7 nitrogen and oxygen atoms in total. The highest BCUT2D eigenvalue weighted by atomic mass is 35.5. The summed E-state index contributed by atoms with van der Waals surface area (Å²) in [5.74, 6) is -0.676. The van der Waals surface area contributed by atoms with Crippen LogP contribution in [-0.2, 0) is 10.0 Å². The van der Waals surface area contributed by atoms with E-state index in [1.807, 2.05) is 12.2 Å². The summed E-state index contributed by atoms with van der Waals surface area (Å²) < 4.78 is 42.5. The van der Waals surface area contributed by atoms with E-state index in [1.165, 1.54) is 18.3 Å². The number of thiazole rings is 1. The van der Waals surface area contributed by atoms with Gasteiger partial charge in [-0.3, -0.25) is 4.72 Å². The normalized spacial score (nSPS) is 18.4. The molecule has 0 spiro atoms. The molecule has 1 aromatic carbocycles. The van der Waals surface area contributed by atoms with Crippen molar-refractivity contribution in [2.75, 3.05) is 36.2 Å². The van der Waals surface area contributed by atoms with Crippen molar-refractivity contribution in [1.29, 1.82) is 0 Å². The Bertz CT molecular complexity index is 1170. The van der Waals surface area contributed by atoms with Crippen LogP contribution in [0.2, 0.25) is 4.34 Å². The van der Waals surface area contributed by atoms with E-state index in [4.69, 9.17) is 23.2 Å². The fourth-order valence-electron chi connectivity index (χ4n) is 3.54. The topological polar surface area (TPSA) is 95.1 Å². The summed E-state index contributed by atoms with van der Waals surface area (Å²) in [6.45, 7) is 7.18. The third-order valence-electron chi connectivity index (χ3n) is 5.41. The first kappa shape index (κ1) is 26.9. The van der Waals surface area contributed by atoms with Crippen molar-refractivity contribution >= 4 is 55.4 Å². The van der Waals surface area contributed by atoms with Crippen LogP contribution in [0.15, 0.2) is 52.0 Å². The molecule has 2 aromatic rings. The standard InChI is InChI=1S/C22H28Cl2FN5O2S2/c1-3-26-9-4-10-29-22(2)12-16(23)6-5-15(22)13-27-19-8-7-17(11-18(19)25)34(31,32)30-21-28-14-20(24)33-21/h5-8,11,14,26-27,29H,3-4,9-10,12-13H2,1-2H3,(H,28,30). The Kier molecular flexibility index (Phi) is 9.36. The second kappa shape index (κ2) is 11.8. The van der Waals surface area contributed by atoms with Gasteiger partial charge in [0, 0.05) is 23.5 Å². The van der Waals surface area contributed by atoms with Crippen molar-refractivity contribution in [2.45, 2.75) is 37.1 Å². The first-order valence-electron chi connectivity index (χ1n) is 10.8. The molecule has 0 fully saturated rings. The zero-order valence-corrected chi connectivity index (χ0v) is 22.1. The molecule has 0 saturated carbocycles. The molecule has 0 radical (unpaired) electrons. The minimum atomic E-state index is -3.99. The molecule has 12 heteroatoms. The predicted octanol–water partition coefficient (Wildman–Crippen LogP) is 4.95. The quantitative estimate of drug-likeness (QED) is 0.281. The lowest BCUT2D eigenvalue weighted by atomic mass is 9.84. The van der Waals surface area contributed by atoms with Gasteiger partial charge in [-0.05, 0) is 62.8 Å². The van der Waals surface area contributed by atoms with Crippen molar-refractivity contribution in [2.24, 2.45) is 0 Å². The van der Waals surface area contributed by atoms with Crippen LogP contribution in [0.5, 0.6) is 0 Å². The summed E-state index contributed by atoms with van der Waals surface area (Å²) in [6.07, 6.45) is 6.73. The number of benzene rings is 1. The Morgan fingerprint density at radius 3 is 2.71 bits per heavy atom. The zero-order chi connectivity index (χ0) is 24.8. The number of allylic oxidation sites excluding steroid dienone is 2. The number of aromatic nitrogens is 1. The lowest BCUT2D eigenvalue weighted by Crippen LogP contribution is -2.47. The van der Waals surface area contributed by atoms with Gasteiger partial charge >= 0.3 is 0 Å². The monoisotopic (exact) mass is 547 g/mol. The average Bonchev–Trinajstić information content (AvgIpc) is 3.17. The summed E-state index contributed by atoms with van der Waals surface area (Å²) in [5, 5.41) is 10.8. The summed E-state index contributed by atoms with van der Waals surface area (Å²) in [7, 11) is -3.99. The molecule has 0 aliphatic heterocycles. The van der Waals surface area contributed by atoms with Crippen LogP contribution in [0.4, 0.5) is 15.2 Å².